The van der Waals surface area contributed by atoms with Gasteiger partial charge in [0.05, 0.1) is 48.5 Å². The van der Waals surface area contributed by atoms with Crippen molar-refractivity contribution in [1.82, 2.24) is 5.32 Å². The van der Waals surface area contributed by atoms with Gasteiger partial charge >= 0.3 is 12.1 Å². The van der Waals surface area contributed by atoms with E-state index in [2.05, 4.69) is 10.1 Å². The Morgan fingerprint density at radius 1 is 0.770 bits per heavy atom. The standard InChI is InChI=1S/C23H27N3O4S.C18H19N3O2S.C4H8O2/c1-23(2,3)30-22(29)24-17-12-16-6-4-7-18(25-10-5-8-19(25)27)20(16)26(21(17)28)13-15-9-11-31-14-15;19-14-9-13-3-1-4-15(20-7-2-5-16(20)22)17(13)21(18(14)23)10-12-6-8-24-11-12;1-3-6-4(2)5/h4,6-7,9,11,14,17H,5,8,10,12-13H2,1-3H3,(H,24,29);1,3-4,6,8,11,14H,2,5,7,9-10,19H2;3H2,1-2H3. The van der Waals surface area contributed by atoms with Crippen LogP contribution in [0, 0.1) is 0 Å². The molecule has 2 fully saturated rings. The number of fused-ring (bicyclic) bond motifs is 2. The number of hydrogen-bond donors (Lipinski definition) is 2. The maximum absolute atomic E-state index is 13.5. The Morgan fingerprint density at radius 3 is 1.69 bits per heavy atom. The van der Waals surface area contributed by atoms with Crippen LogP contribution in [0.5, 0.6) is 0 Å². The summed E-state index contributed by atoms with van der Waals surface area (Å²) in [4.78, 5) is 80.2. The minimum Gasteiger partial charge on any atom is -0.466 e. The Bertz CT molecular complexity index is 2220. The number of carbonyl (C=O) groups excluding carboxylic acids is 6. The first-order valence-electron chi connectivity index (χ1n) is 20.5. The van der Waals surface area contributed by atoms with E-state index in [-0.39, 0.29) is 29.6 Å². The average molecular weight is 871 g/mol. The van der Waals surface area contributed by atoms with Crippen molar-refractivity contribution in [3.8, 4) is 0 Å². The van der Waals surface area contributed by atoms with Crippen LogP contribution in [0.25, 0.3) is 0 Å². The number of nitrogens with two attached hydrogens (primary N) is 1. The lowest BCUT2D eigenvalue weighted by Gasteiger charge is -2.37. The Hall–Kier alpha value is -5.58. The molecule has 0 saturated carbocycles. The van der Waals surface area contributed by atoms with Crippen LogP contribution in [0.4, 0.5) is 27.5 Å². The minimum atomic E-state index is -0.731. The molecule has 8 rings (SSSR count). The SMILES string of the molecule is CC(C)(C)OC(=O)NC1Cc2cccc(N3CCCC3=O)c2N(Cc2ccsc2)C1=O.CCOC(C)=O.NC1Cc2cccc(N3CCCC3=O)c2N(Cc2ccsc2)C1=O. The number of para-hydroxylation sites is 2. The summed E-state index contributed by atoms with van der Waals surface area (Å²) < 4.78 is 9.77. The molecule has 0 radical (unpaired) electrons. The van der Waals surface area contributed by atoms with Gasteiger partial charge in [0.2, 0.25) is 23.6 Å². The topological polar surface area (TPSA) is 172 Å². The molecule has 3 N–H and O–H groups in total. The molecule has 4 aliphatic rings. The molecule has 2 unspecified atom stereocenters. The number of rotatable bonds is 8. The van der Waals surface area contributed by atoms with Crippen LogP contribution < -0.4 is 30.7 Å². The van der Waals surface area contributed by atoms with Gasteiger partial charge < -0.3 is 40.1 Å². The third kappa shape index (κ3) is 11.0. The van der Waals surface area contributed by atoms with Gasteiger partial charge in [0.25, 0.3) is 0 Å². The van der Waals surface area contributed by atoms with E-state index in [0.29, 0.717) is 58.5 Å². The smallest absolute Gasteiger partial charge is 0.408 e. The van der Waals surface area contributed by atoms with Crippen molar-refractivity contribution in [3.63, 3.8) is 0 Å². The predicted octanol–water partition coefficient (Wildman–Crippen LogP) is 6.72. The van der Waals surface area contributed by atoms with Gasteiger partial charge in [-0.25, -0.2) is 4.79 Å². The number of alkyl carbamates (subject to hydrolysis) is 1. The predicted molar refractivity (Wildman–Crippen MR) is 238 cm³/mol. The first kappa shape index (κ1) is 45.0. The Balaban J connectivity index is 0.000000184. The number of carbonyl (C=O) groups is 6. The van der Waals surface area contributed by atoms with Crippen molar-refractivity contribution in [2.24, 2.45) is 5.73 Å². The summed E-state index contributed by atoms with van der Waals surface area (Å²) >= 11 is 3.17. The molecule has 0 bridgehead atoms. The van der Waals surface area contributed by atoms with Crippen LogP contribution in [0.3, 0.4) is 0 Å². The number of benzene rings is 2. The van der Waals surface area contributed by atoms with Crippen LogP contribution in [-0.2, 0) is 59.4 Å². The van der Waals surface area contributed by atoms with Crippen molar-refractivity contribution in [2.75, 3.05) is 39.3 Å². The van der Waals surface area contributed by atoms with Crippen LogP contribution in [0.2, 0.25) is 0 Å². The molecule has 4 aliphatic heterocycles. The summed E-state index contributed by atoms with van der Waals surface area (Å²) in [5.41, 5.74) is 12.7. The third-order valence-corrected chi connectivity index (χ3v) is 11.8. The lowest BCUT2D eigenvalue weighted by atomic mass is 9.95. The number of esters is 1. The fourth-order valence-electron chi connectivity index (χ4n) is 7.80. The van der Waals surface area contributed by atoms with Gasteiger partial charge in [-0.05, 0) is 115 Å². The second-order valence-electron chi connectivity index (χ2n) is 16.1. The number of nitrogens with zero attached hydrogens (tertiary/aromatic N) is 4. The third-order valence-electron chi connectivity index (χ3n) is 10.4. The Labute approximate surface area is 364 Å². The number of ether oxygens (including phenoxy) is 2. The molecule has 14 nitrogen and oxygen atoms in total. The lowest BCUT2D eigenvalue weighted by Crippen LogP contribution is -2.53. The van der Waals surface area contributed by atoms with Gasteiger partial charge in [-0.15, -0.1) is 0 Å². The van der Waals surface area contributed by atoms with Gasteiger partial charge in [0, 0.05) is 39.3 Å². The molecule has 6 heterocycles. The number of hydrogen-bond acceptors (Lipinski definition) is 11. The summed E-state index contributed by atoms with van der Waals surface area (Å²) in [6.07, 6.45) is 3.01. The molecule has 324 valence electrons. The summed E-state index contributed by atoms with van der Waals surface area (Å²) in [5.74, 6) is -0.291. The zero-order chi connectivity index (χ0) is 43.8. The fourth-order valence-corrected chi connectivity index (χ4v) is 9.12. The normalized spacial score (nSPS) is 18.5. The molecule has 0 aliphatic carbocycles. The average Bonchev–Trinajstić information content (AvgIpc) is 4.05. The second-order valence-corrected chi connectivity index (χ2v) is 17.7. The fraction of sp³-hybridized carbons (Fsp3) is 0.422. The van der Waals surface area contributed by atoms with E-state index in [4.69, 9.17) is 10.5 Å². The van der Waals surface area contributed by atoms with Gasteiger partial charge in [-0.3, -0.25) is 24.0 Å². The highest BCUT2D eigenvalue weighted by Gasteiger charge is 2.39. The molecule has 2 saturated heterocycles. The van der Waals surface area contributed by atoms with Crippen molar-refractivity contribution in [1.29, 1.82) is 0 Å². The Morgan fingerprint density at radius 2 is 1.28 bits per heavy atom. The van der Waals surface area contributed by atoms with Gasteiger partial charge in [-0.1, -0.05) is 24.3 Å². The molecule has 4 aromatic rings. The van der Waals surface area contributed by atoms with E-state index < -0.39 is 23.8 Å². The highest BCUT2D eigenvalue weighted by atomic mass is 32.1. The van der Waals surface area contributed by atoms with Crippen LogP contribution in [0.15, 0.2) is 70.1 Å². The molecule has 5 amide bonds. The Kier molecular flexibility index (Phi) is 14.6. The quantitative estimate of drug-likeness (QED) is 0.183. The van der Waals surface area contributed by atoms with Crippen molar-refractivity contribution in [3.05, 3.63) is 92.3 Å². The zero-order valence-electron chi connectivity index (χ0n) is 35.3. The first-order valence-corrected chi connectivity index (χ1v) is 22.4. The van der Waals surface area contributed by atoms with Gasteiger partial charge in [0.15, 0.2) is 0 Å². The molecule has 2 atom stereocenters. The molecule has 2 aromatic heterocycles. The van der Waals surface area contributed by atoms with E-state index in [1.165, 1.54) is 6.92 Å². The summed E-state index contributed by atoms with van der Waals surface area (Å²) in [7, 11) is 0. The number of amides is 5. The first-order chi connectivity index (χ1) is 29.1. The van der Waals surface area contributed by atoms with E-state index in [1.807, 2.05) is 75.0 Å². The van der Waals surface area contributed by atoms with Gasteiger partial charge in [0.1, 0.15) is 11.6 Å². The summed E-state index contributed by atoms with van der Waals surface area (Å²) in [6, 6.07) is 14.4. The number of thiophene rings is 2. The van der Waals surface area contributed by atoms with Crippen LogP contribution in [0.1, 0.15) is 82.6 Å². The lowest BCUT2D eigenvalue weighted by molar-refractivity contribution is -0.140. The number of anilines is 4. The molecule has 0 spiro atoms. The van der Waals surface area contributed by atoms with Crippen molar-refractivity contribution < 1.29 is 38.2 Å². The molecule has 16 heteroatoms. The van der Waals surface area contributed by atoms with Crippen LogP contribution >= 0.6 is 22.7 Å². The molecular formula is C45H54N6O8S2. The van der Waals surface area contributed by atoms with Crippen molar-refractivity contribution >= 4 is 81.1 Å². The maximum atomic E-state index is 13.5. The molecule has 61 heavy (non-hydrogen) atoms. The van der Waals surface area contributed by atoms with Crippen LogP contribution in [-0.4, -0.2) is 73.1 Å². The van der Waals surface area contributed by atoms with E-state index >= 15 is 0 Å². The minimum absolute atomic E-state index is 0.0744. The van der Waals surface area contributed by atoms with Gasteiger partial charge in [-0.2, -0.15) is 22.7 Å². The van der Waals surface area contributed by atoms with Crippen molar-refractivity contribution in [2.45, 2.75) is 104 Å². The largest absolute Gasteiger partial charge is 0.466 e. The van der Waals surface area contributed by atoms with E-state index in [1.54, 1.807) is 65.1 Å². The van der Waals surface area contributed by atoms with E-state index in [0.717, 1.165) is 57.8 Å². The highest BCUT2D eigenvalue weighted by molar-refractivity contribution is 7.08. The number of nitrogens with one attached hydrogen (secondary N) is 1. The van der Waals surface area contributed by atoms with E-state index in [9.17, 15) is 28.8 Å². The second kappa shape index (κ2) is 19.9. The maximum Gasteiger partial charge on any atom is 0.408 e. The zero-order valence-corrected chi connectivity index (χ0v) is 36.9. The summed E-state index contributed by atoms with van der Waals surface area (Å²) in [5, 5.41) is 10.8. The monoisotopic (exact) mass is 870 g/mol. The summed E-state index contributed by atoms with van der Waals surface area (Å²) in [6.45, 7) is 11.2. The molecular weight excluding hydrogens is 817 g/mol. The highest BCUT2D eigenvalue weighted by Crippen LogP contribution is 2.41. The molecule has 2 aromatic carbocycles.